The number of aliphatic hydroxyl groups is 1. The summed E-state index contributed by atoms with van der Waals surface area (Å²) in [6.45, 7) is 5.17. The second-order valence-corrected chi connectivity index (χ2v) is 10.7. The van der Waals surface area contributed by atoms with Crippen LogP contribution >= 0.6 is 0 Å². The Morgan fingerprint density at radius 2 is 2.03 bits per heavy atom. The van der Waals surface area contributed by atoms with Gasteiger partial charge in [0.25, 0.3) is 5.56 Å². The molecule has 0 amide bonds. The molecule has 7 rings (SSSR count). The second kappa shape index (κ2) is 8.96. The predicted molar refractivity (Wildman–Crippen MR) is 146 cm³/mol. The number of nitrogens with two attached hydrogens (primary N) is 1. The van der Waals surface area contributed by atoms with Gasteiger partial charge in [-0.05, 0) is 34.9 Å². The summed E-state index contributed by atoms with van der Waals surface area (Å²) in [5.74, 6) is -0.722. The van der Waals surface area contributed by atoms with Crippen molar-refractivity contribution >= 4 is 27.6 Å². The Kier molecular flexibility index (Phi) is 5.61. The molecule has 0 radical (unpaired) electrons. The number of aromatic nitrogens is 2. The first kappa shape index (κ1) is 24.4. The van der Waals surface area contributed by atoms with Crippen molar-refractivity contribution in [2.45, 2.75) is 44.7 Å². The minimum absolute atomic E-state index is 0.0209. The molecule has 1 fully saturated rings. The first-order valence-corrected chi connectivity index (χ1v) is 13.5. The van der Waals surface area contributed by atoms with Gasteiger partial charge < -0.3 is 24.9 Å². The van der Waals surface area contributed by atoms with Gasteiger partial charge in [-0.25, -0.2) is 9.78 Å². The molecule has 2 atom stereocenters. The van der Waals surface area contributed by atoms with E-state index in [2.05, 4.69) is 23.1 Å². The maximum atomic E-state index is 13.8. The van der Waals surface area contributed by atoms with Crippen LogP contribution in [0.3, 0.4) is 0 Å². The fourth-order valence-corrected chi connectivity index (χ4v) is 6.41. The molecule has 2 aromatic carbocycles. The third-order valence-corrected chi connectivity index (χ3v) is 8.56. The molecule has 4 aromatic rings. The van der Waals surface area contributed by atoms with Gasteiger partial charge in [0.1, 0.15) is 6.61 Å². The highest BCUT2D eigenvalue weighted by molar-refractivity contribution is 6.09. The third kappa shape index (κ3) is 3.57. The lowest BCUT2D eigenvalue weighted by molar-refractivity contribution is -0.172. The van der Waals surface area contributed by atoms with E-state index in [9.17, 15) is 14.7 Å². The molecular weight excluding hydrogens is 496 g/mol. The first-order valence-electron chi connectivity index (χ1n) is 13.5. The van der Waals surface area contributed by atoms with E-state index >= 15 is 0 Å². The van der Waals surface area contributed by atoms with Crippen LogP contribution in [0, 0.1) is 0 Å². The number of fused-ring (bicyclic) bond motifs is 7. The zero-order valence-corrected chi connectivity index (χ0v) is 21.8. The molecule has 200 valence electrons. The van der Waals surface area contributed by atoms with Crippen molar-refractivity contribution in [1.82, 2.24) is 14.5 Å². The molecule has 1 saturated heterocycles. The number of nitrogens with zero attached hydrogens (tertiary/aromatic N) is 3. The zero-order chi connectivity index (χ0) is 26.9. The van der Waals surface area contributed by atoms with Crippen molar-refractivity contribution in [2.75, 3.05) is 26.2 Å². The number of esters is 1. The maximum absolute atomic E-state index is 13.8. The van der Waals surface area contributed by atoms with Crippen LogP contribution in [0.2, 0.25) is 0 Å². The van der Waals surface area contributed by atoms with Crippen molar-refractivity contribution in [3.8, 4) is 11.4 Å². The Labute approximate surface area is 224 Å². The molecule has 9 heteroatoms. The van der Waals surface area contributed by atoms with E-state index in [4.69, 9.17) is 20.2 Å². The van der Waals surface area contributed by atoms with Crippen LogP contribution < -0.4 is 11.3 Å². The molecule has 5 heterocycles. The van der Waals surface area contributed by atoms with Crippen molar-refractivity contribution in [1.29, 1.82) is 0 Å². The van der Waals surface area contributed by atoms with Gasteiger partial charge in [-0.15, -0.1) is 0 Å². The number of cyclic esters (lactones) is 1. The number of carbonyl (C=O) groups is 1. The van der Waals surface area contributed by atoms with Gasteiger partial charge in [-0.2, -0.15) is 0 Å². The topological polar surface area (TPSA) is 120 Å². The molecule has 3 aliphatic rings. The van der Waals surface area contributed by atoms with E-state index in [-0.39, 0.29) is 24.7 Å². The highest BCUT2D eigenvalue weighted by Gasteiger charge is 2.45. The summed E-state index contributed by atoms with van der Waals surface area (Å²) >= 11 is 0. The van der Waals surface area contributed by atoms with Gasteiger partial charge in [0.15, 0.2) is 5.60 Å². The van der Waals surface area contributed by atoms with Crippen LogP contribution in [0.15, 0.2) is 47.3 Å². The van der Waals surface area contributed by atoms with Gasteiger partial charge in [-0.1, -0.05) is 37.3 Å². The average molecular weight is 527 g/mol. The normalized spacial score (nSPS) is 22.5. The van der Waals surface area contributed by atoms with E-state index in [0.717, 1.165) is 45.9 Å². The number of morpholine rings is 1. The summed E-state index contributed by atoms with van der Waals surface area (Å²) < 4.78 is 12.8. The largest absolute Gasteiger partial charge is 0.458 e. The van der Waals surface area contributed by atoms with Crippen molar-refractivity contribution in [2.24, 2.45) is 5.73 Å². The summed E-state index contributed by atoms with van der Waals surface area (Å²) in [6.07, 6.45) is 0.0866. The molecule has 39 heavy (non-hydrogen) atoms. The summed E-state index contributed by atoms with van der Waals surface area (Å²) in [5.41, 5.74) is 8.77. The fourth-order valence-electron chi connectivity index (χ4n) is 6.41. The quantitative estimate of drug-likeness (QED) is 0.271. The number of rotatable bonds is 4. The highest BCUT2D eigenvalue weighted by atomic mass is 16.6. The molecule has 0 saturated carbocycles. The summed E-state index contributed by atoms with van der Waals surface area (Å²) in [6, 6.07) is 14.2. The molecule has 0 aliphatic carbocycles. The van der Waals surface area contributed by atoms with E-state index in [1.54, 1.807) is 17.6 Å². The van der Waals surface area contributed by atoms with Gasteiger partial charge in [0.05, 0.1) is 41.7 Å². The lowest BCUT2D eigenvalue weighted by Gasteiger charge is -2.33. The molecule has 9 nitrogen and oxygen atoms in total. The molecular formula is C30H30N4O5. The van der Waals surface area contributed by atoms with Crippen LogP contribution in [0.1, 0.15) is 35.6 Å². The Hall–Kier alpha value is -3.63. The van der Waals surface area contributed by atoms with Crippen LogP contribution in [0.4, 0.5) is 0 Å². The molecule has 3 aliphatic heterocycles. The highest BCUT2D eigenvalue weighted by Crippen LogP contribution is 2.41. The lowest BCUT2D eigenvalue weighted by atomic mass is 9.86. The minimum Gasteiger partial charge on any atom is -0.458 e. The van der Waals surface area contributed by atoms with Crippen LogP contribution in [0.25, 0.3) is 33.1 Å². The summed E-state index contributed by atoms with van der Waals surface area (Å²) in [5, 5.41) is 14.6. The monoisotopic (exact) mass is 526 g/mol. The maximum Gasteiger partial charge on any atom is 0.343 e. The predicted octanol–water partition coefficient (Wildman–Crippen LogP) is 2.39. The van der Waals surface area contributed by atoms with E-state index < -0.39 is 11.6 Å². The number of hydrogen-bond acceptors (Lipinski definition) is 8. The molecule has 0 spiro atoms. The first-order chi connectivity index (χ1) is 18.9. The van der Waals surface area contributed by atoms with E-state index in [0.29, 0.717) is 48.8 Å². The van der Waals surface area contributed by atoms with Crippen molar-refractivity contribution in [3.05, 3.63) is 75.1 Å². The molecule has 0 bridgehead atoms. The Bertz CT molecular complexity index is 1730. The fraction of sp³-hybridized carbons (Fsp3) is 0.367. The Morgan fingerprint density at radius 3 is 2.85 bits per heavy atom. The zero-order valence-electron chi connectivity index (χ0n) is 21.8. The summed E-state index contributed by atoms with van der Waals surface area (Å²) in [7, 11) is 0. The van der Waals surface area contributed by atoms with E-state index in [1.165, 1.54) is 0 Å². The number of ether oxygens (including phenoxy) is 2. The lowest BCUT2D eigenvalue weighted by Crippen LogP contribution is -2.45. The van der Waals surface area contributed by atoms with Gasteiger partial charge in [-0.3, -0.25) is 9.69 Å². The molecule has 1 unspecified atom stereocenters. The van der Waals surface area contributed by atoms with Crippen LogP contribution in [-0.4, -0.2) is 57.9 Å². The SMILES string of the molecule is CC[C@@]1(O)C(=O)OCc2c1cc1n(c2=O)Cc2c-1nc1ccc3ccccc3c1c2CN1CCOC(CN)C1. The van der Waals surface area contributed by atoms with Crippen LogP contribution in [0.5, 0.6) is 0 Å². The summed E-state index contributed by atoms with van der Waals surface area (Å²) in [4.78, 5) is 33.8. The van der Waals surface area contributed by atoms with Gasteiger partial charge in [0.2, 0.25) is 0 Å². The van der Waals surface area contributed by atoms with Gasteiger partial charge >= 0.3 is 5.97 Å². The standard InChI is InChI=1S/C30H30N4O5/c1-2-30(37)23-11-25-27-21(15-34(25)28(35)22(23)16-39-29(30)36)20(14-33-9-10-38-18(12-31)13-33)26-19-6-4-3-5-17(19)7-8-24(26)32-27/h3-8,11,18,37H,2,9-10,12-16,31H2,1H3/t18?,30-/m0/s1. The number of pyridine rings is 2. The third-order valence-electron chi connectivity index (χ3n) is 8.56. The number of benzene rings is 2. The Morgan fingerprint density at radius 1 is 1.18 bits per heavy atom. The minimum atomic E-state index is -1.86. The smallest absolute Gasteiger partial charge is 0.343 e. The van der Waals surface area contributed by atoms with Crippen molar-refractivity contribution < 1.29 is 19.4 Å². The Balaban J connectivity index is 1.48. The average Bonchev–Trinajstić information content (AvgIpc) is 3.34. The molecule has 3 N–H and O–H groups in total. The van der Waals surface area contributed by atoms with Crippen molar-refractivity contribution in [3.63, 3.8) is 0 Å². The van der Waals surface area contributed by atoms with Crippen LogP contribution in [-0.2, 0) is 39.6 Å². The van der Waals surface area contributed by atoms with E-state index in [1.807, 2.05) is 18.2 Å². The number of hydrogen-bond donors (Lipinski definition) is 2. The molecule has 2 aromatic heterocycles. The number of carbonyl (C=O) groups excluding carboxylic acids is 1. The second-order valence-electron chi connectivity index (χ2n) is 10.7. The van der Waals surface area contributed by atoms with Gasteiger partial charge in [0, 0.05) is 42.7 Å².